The molecule has 0 aromatic heterocycles. The highest BCUT2D eigenvalue weighted by Gasteiger charge is 2.28. The number of carbonyl (C=O) groups is 1. The lowest BCUT2D eigenvalue weighted by Gasteiger charge is -2.39. The lowest BCUT2D eigenvalue weighted by molar-refractivity contribution is 0.116. The second kappa shape index (κ2) is 10.9. The van der Waals surface area contributed by atoms with Crippen LogP contribution in [0.25, 0.3) is 0 Å². The van der Waals surface area contributed by atoms with E-state index >= 15 is 0 Å². The molecule has 0 saturated carbocycles. The lowest BCUT2D eigenvalue weighted by Crippen LogP contribution is -2.48. The second-order valence-electron chi connectivity index (χ2n) is 8.69. The molecule has 1 aromatic carbocycles. The number of hydrogen-bond acceptors (Lipinski definition) is 3. The van der Waals surface area contributed by atoms with Crippen LogP contribution < -0.4 is 10.1 Å². The van der Waals surface area contributed by atoms with Gasteiger partial charge in [0, 0.05) is 32.2 Å². The zero-order chi connectivity index (χ0) is 20.6. The van der Waals surface area contributed by atoms with Crippen molar-refractivity contribution in [3.8, 4) is 5.75 Å². The summed E-state index contributed by atoms with van der Waals surface area (Å²) >= 11 is 0. The first-order valence-electron chi connectivity index (χ1n) is 11.6. The van der Waals surface area contributed by atoms with E-state index in [4.69, 9.17) is 4.74 Å². The van der Waals surface area contributed by atoms with Gasteiger partial charge in [-0.05, 0) is 80.7 Å². The van der Waals surface area contributed by atoms with Gasteiger partial charge in [0.15, 0.2) is 0 Å². The molecule has 1 aliphatic carbocycles. The van der Waals surface area contributed by atoms with Crippen LogP contribution in [0, 0.1) is 5.92 Å². The van der Waals surface area contributed by atoms with E-state index in [0.29, 0.717) is 12.0 Å². The summed E-state index contributed by atoms with van der Waals surface area (Å²) in [4.78, 5) is 16.9. The third-order valence-electron chi connectivity index (χ3n) is 6.56. The molecule has 0 bridgehead atoms. The molecule has 1 aromatic rings. The Hall–Kier alpha value is -1.75. The maximum atomic E-state index is 12.2. The number of fused-ring (bicyclic) bond motifs is 1. The minimum absolute atomic E-state index is 0.120. The average molecular weight is 402 g/mol. The number of rotatable bonds is 8. The highest BCUT2D eigenvalue weighted by atomic mass is 16.5. The van der Waals surface area contributed by atoms with Crippen LogP contribution in [0.2, 0.25) is 0 Å². The lowest BCUT2D eigenvalue weighted by atomic mass is 9.86. The van der Waals surface area contributed by atoms with Gasteiger partial charge in [-0.25, -0.2) is 4.79 Å². The zero-order valence-corrected chi connectivity index (χ0v) is 18.6. The molecule has 3 rings (SSSR count). The van der Waals surface area contributed by atoms with E-state index in [9.17, 15) is 4.79 Å². The number of ether oxygens (including phenoxy) is 1. The Labute approximate surface area is 176 Å². The fourth-order valence-corrected chi connectivity index (χ4v) is 4.85. The minimum atomic E-state index is 0.120. The van der Waals surface area contributed by atoms with E-state index in [1.54, 1.807) is 7.11 Å². The van der Waals surface area contributed by atoms with Crippen molar-refractivity contribution in [2.45, 2.75) is 64.8 Å². The van der Waals surface area contributed by atoms with Gasteiger partial charge >= 0.3 is 6.03 Å². The van der Waals surface area contributed by atoms with Crippen molar-refractivity contribution in [3.63, 3.8) is 0 Å². The predicted octanol–water partition coefficient (Wildman–Crippen LogP) is 4.10. The van der Waals surface area contributed by atoms with Crippen LogP contribution in [-0.4, -0.2) is 61.7 Å². The number of aryl methyl sites for hydroxylation is 1. The van der Waals surface area contributed by atoms with Gasteiger partial charge in [-0.3, -0.25) is 4.90 Å². The molecule has 5 nitrogen and oxygen atoms in total. The molecule has 1 fully saturated rings. The molecule has 1 aliphatic heterocycles. The van der Waals surface area contributed by atoms with Gasteiger partial charge in [-0.1, -0.05) is 19.9 Å². The standard InChI is InChI=1S/C24H39N3O2/c1-4-12-25-24(28)26-14-10-19(11-15-26)18-27(13-5-2)22-8-6-21-17-23(29-3)9-7-20(21)16-22/h7,9,17,19,22H,4-6,8,10-16,18H2,1-3H3,(H,25,28). The summed E-state index contributed by atoms with van der Waals surface area (Å²) in [5.74, 6) is 1.68. The molecular weight excluding hydrogens is 362 g/mol. The van der Waals surface area contributed by atoms with Crippen molar-refractivity contribution in [2.75, 3.05) is 39.8 Å². The molecule has 162 valence electrons. The summed E-state index contributed by atoms with van der Waals surface area (Å²) in [5, 5.41) is 3.01. The van der Waals surface area contributed by atoms with Crippen molar-refractivity contribution >= 4 is 6.03 Å². The van der Waals surface area contributed by atoms with Gasteiger partial charge in [0.25, 0.3) is 0 Å². The minimum Gasteiger partial charge on any atom is -0.497 e. The van der Waals surface area contributed by atoms with E-state index in [2.05, 4.69) is 42.3 Å². The number of carbonyl (C=O) groups excluding carboxylic acids is 1. The predicted molar refractivity (Wildman–Crippen MR) is 119 cm³/mol. The van der Waals surface area contributed by atoms with Crippen LogP contribution in [-0.2, 0) is 12.8 Å². The monoisotopic (exact) mass is 401 g/mol. The van der Waals surface area contributed by atoms with Gasteiger partial charge in [0.05, 0.1) is 7.11 Å². The Morgan fingerprint density at radius 2 is 1.97 bits per heavy atom. The number of urea groups is 1. The Bertz CT molecular complexity index is 656. The summed E-state index contributed by atoms with van der Waals surface area (Å²) in [5.41, 5.74) is 2.95. The molecule has 0 spiro atoms. The third-order valence-corrected chi connectivity index (χ3v) is 6.56. The first-order chi connectivity index (χ1) is 14.1. The summed E-state index contributed by atoms with van der Waals surface area (Å²) in [6.45, 7) is 9.30. The molecule has 2 aliphatic rings. The topological polar surface area (TPSA) is 44.8 Å². The van der Waals surface area contributed by atoms with Crippen LogP contribution in [0.15, 0.2) is 18.2 Å². The normalized spacial score (nSPS) is 19.9. The van der Waals surface area contributed by atoms with Gasteiger partial charge in [0.2, 0.25) is 0 Å². The largest absolute Gasteiger partial charge is 0.497 e. The molecule has 1 saturated heterocycles. The molecule has 29 heavy (non-hydrogen) atoms. The first-order valence-corrected chi connectivity index (χ1v) is 11.6. The van der Waals surface area contributed by atoms with E-state index in [1.165, 1.54) is 37.1 Å². The fraction of sp³-hybridized carbons (Fsp3) is 0.708. The van der Waals surface area contributed by atoms with Crippen molar-refractivity contribution in [2.24, 2.45) is 5.92 Å². The average Bonchev–Trinajstić information content (AvgIpc) is 2.76. The maximum absolute atomic E-state index is 12.2. The number of nitrogens with one attached hydrogen (secondary N) is 1. The molecule has 1 atom stereocenters. The molecular formula is C24H39N3O2. The summed E-state index contributed by atoms with van der Waals surface area (Å²) in [7, 11) is 1.75. The van der Waals surface area contributed by atoms with Crippen molar-refractivity contribution in [1.82, 2.24) is 15.1 Å². The number of nitrogens with zero attached hydrogens (tertiary/aromatic N) is 2. The van der Waals surface area contributed by atoms with Crippen LogP contribution >= 0.6 is 0 Å². The zero-order valence-electron chi connectivity index (χ0n) is 18.6. The van der Waals surface area contributed by atoms with Gasteiger partial charge < -0.3 is 15.0 Å². The molecule has 1 unspecified atom stereocenters. The molecule has 1 heterocycles. The van der Waals surface area contributed by atoms with E-state index in [1.807, 2.05) is 4.90 Å². The Kier molecular flexibility index (Phi) is 8.22. The summed E-state index contributed by atoms with van der Waals surface area (Å²) < 4.78 is 5.40. The van der Waals surface area contributed by atoms with Crippen molar-refractivity contribution in [3.05, 3.63) is 29.3 Å². The van der Waals surface area contributed by atoms with Crippen molar-refractivity contribution < 1.29 is 9.53 Å². The molecule has 2 amide bonds. The van der Waals surface area contributed by atoms with Crippen LogP contribution in [0.4, 0.5) is 4.79 Å². The first kappa shape index (κ1) is 21.9. The number of hydrogen-bond donors (Lipinski definition) is 1. The number of amides is 2. The third kappa shape index (κ3) is 5.88. The number of methoxy groups -OCH3 is 1. The Balaban J connectivity index is 1.53. The maximum Gasteiger partial charge on any atom is 0.317 e. The van der Waals surface area contributed by atoms with Gasteiger partial charge in [0.1, 0.15) is 5.75 Å². The number of piperidine rings is 1. The molecule has 5 heteroatoms. The quantitative estimate of drug-likeness (QED) is 0.713. The number of benzene rings is 1. The van der Waals surface area contributed by atoms with E-state index < -0.39 is 0 Å². The molecule has 1 N–H and O–H groups in total. The van der Waals surface area contributed by atoms with Gasteiger partial charge in [-0.15, -0.1) is 0 Å². The SMILES string of the molecule is CCCNC(=O)N1CCC(CN(CCC)C2CCc3cc(OC)ccc3C2)CC1. The van der Waals surface area contributed by atoms with Crippen LogP contribution in [0.1, 0.15) is 57.1 Å². The number of likely N-dealkylation sites (tertiary alicyclic amines) is 1. The highest BCUT2D eigenvalue weighted by Crippen LogP contribution is 2.29. The summed E-state index contributed by atoms with van der Waals surface area (Å²) in [6, 6.07) is 7.34. The smallest absolute Gasteiger partial charge is 0.317 e. The second-order valence-corrected chi connectivity index (χ2v) is 8.69. The van der Waals surface area contributed by atoms with Crippen LogP contribution in [0.3, 0.4) is 0 Å². The van der Waals surface area contributed by atoms with Crippen LogP contribution in [0.5, 0.6) is 5.75 Å². The van der Waals surface area contributed by atoms with Crippen molar-refractivity contribution in [1.29, 1.82) is 0 Å². The van der Waals surface area contributed by atoms with E-state index in [0.717, 1.165) is 57.5 Å². The summed E-state index contributed by atoms with van der Waals surface area (Å²) in [6.07, 6.45) is 7.97. The van der Waals surface area contributed by atoms with E-state index in [-0.39, 0.29) is 6.03 Å². The van der Waals surface area contributed by atoms with Gasteiger partial charge in [-0.2, -0.15) is 0 Å². The fourth-order valence-electron chi connectivity index (χ4n) is 4.85. The molecule has 0 radical (unpaired) electrons. The Morgan fingerprint density at radius 1 is 1.17 bits per heavy atom. The Morgan fingerprint density at radius 3 is 2.66 bits per heavy atom. The highest BCUT2D eigenvalue weighted by molar-refractivity contribution is 5.74.